The van der Waals surface area contributed by atoms with Crippen molar-refractivity contribution in [3.05, 3.63) is 65.7 Å². The van der Waals surface area contributed by atoms with Gasteiger partial charge in [-0.25, -0.2) is 0 Å². The first-order chi connectivity index (χ1) is 11.9. The zero-order valence-corrected chi connectivity index (χ0v) is 14.5. The van der Waals surface area contributed by atoms with Gasteiger partial charge in [-0.15, -0.1) is 0 Å². The highest BCUT2D eigenvalue weighted by Crippen LogP contribution is 2.19. The quantitative estimate of drug-likeness (QED) is 0.770. The van der Waals surface area contributed by atoms with E-state index in [9.17, 15) is 9.59 Å². The maximum atomic E-state index is 12.1. The minimum Gasteiger partial charge on any atom is -0.489 e. The van der Waals surface area contributed by atoms with E-state index < -0.39 is 11.4 Å². The summed E-state index contributed by atoms with van der Waals surface area (Å²) in [5.74, 6) is -0.412. The van der Waals surface area contributed by atoms with Gasteiger partial charge in [0.1, 0.15) is 12.4 Å². The first kappa shape index (κ1) is 18.5. The summed E-state index contributed by atoms with van der Waals surface area (Å²) in [4.78, 5) is 23.1. The first-order valence-corrected chi connectivity index (χ1v) is 8.17. The third-order valence-corrected chi connectivity index (χ3v) is 3.98. The number of carboxylic acids is 1. The average Bonchev–Trinajstić information content (AvgIpc) is 2.61. The SMILES string of the molecule is CC(C)(CCNC(=O)c1ccc(OCc2ccccc2)cc1)C(=O)O. The van der Waals surface area contributed by atoms with Crippen molar-refractivity contribution in [2.75, 3.05) is 6.54 Å². The number of carbonyl (C=O) groups excluding carboxylic acids is 1. The molecule has 0 aliphatic rings. The molecule has 0 atom stereocenters. The summed E-state index contributed by atoms with van der Waals surface area (Å²) in [6.07, 6.45) is 0.367. The van der Waals surface area contributed by atoms with Gasteiger partial charge in [0.25, 0.3) is 5.91 Å². The van der Waals surface area contributed by atoms with Gasteiger partial charge in [0.2, 0.25) is 0 Å². The average molecular weight is 341 g/mol. The van der Waals surface area contributed by atoms with E-state index in [4.69, 9.17) is 9.84 Å². The van der Waals surface area contributed by atoms with Gasteiger partial charge in [0.05, 0.1) is 5.41 Å². The lowest BCUT2D eigenvalue weighted by atomic mass is 9.90. The van der Waals surface area contributed by atoms with E-state index in [2.05, 4.69) is 5.32 Å². The Hall–Kier alpha value is -2.82. The van der Waals surface area contributed by atoms with Crippen LogP contribution in [0.5, 0.6) is 5.75 Å². The zero-order valence-electron chi connectivity index (χ0n) is 14.5. The number of ether oxygens (including phenoxy) is 1. The Morgan fingerprint density at radius 3 is 2.28 bits per heavy atom. The Kier molecular flexibility index (Phi) is 6.17. The monoisotopic (exact) mass is 341 g/mol. The van der Waals surface area contributed by atoms with Crippen molar-refractivity contribution in [3.63, 3.8) is 0 Å². The van der Waals surface area contributed by atoms with Crippen LogP contribution in [-0.4, -0.2) is 23.5 Å². The van der Waals surface area contributed by atoms with Crippen LogP contribution in [-0.2, 0) is 11.4 Å². The normalized spacial score (nSPS) is 11.0. The fraction of sp³-hybridized carbons (Fsp3) is 0.300. The van der Waals surface area contributed by atoms with Crippen molar-refractivity contribution in [1.82, 2.24) is 5.32 Å². The van der Waals surface area contributed by atoms with Crippen LogP contribution in [0, 0.1) is 5.41 Å². The Bertz CT molecular complexity index is 708. The molecule has 2 rings (SSSR count). The summed E-state index contributed by atoms with van der Waals surface area (Å²) in [5.41, 5.74) is 0.730. The summed E-state index contributed by atoms with van der Waals surface area (Å²) in [6, 6.07) is 16.7. The number of nitrogens with one attached hydrogen (secondary N) is 1. The lowest BCUT2D eigenvalue weighted by Crippen LogP contribution is -2.31. The third-order valence-electron chi connectivity index (χ3n) is 3.98. The van der Waals surface area contributed by atoms with E-state index >= 15 is 0 Å². The lowest BCUT2D eigenvalue weighted by Gasteiger charge is -2.18. The molecule has 0 heterocycles. The highest BCUT2D eigenvalue weighted by atomic mass is 16.5. The Balaban J connectivity index is 1.82. The zero-order chi connectivity index (χ0) is 18.3. The number of hydrogen-bond acceptors (Lipinski definition) is 3. The van der Waals surface area contributed by atoms with E-state index in [1.165, 1.54) is 0 Å². The molecular weight excluding hydrogens is 318 g/mol. The largest absolute Gasteiger partial charge is 0.489 e. The predicted octanol–water partition coefficient (Wildman–Crippen LogP) is 3.50. The van der Waals surface area contributed by atoms with E-state index in [0.29, 0.717) is 30.9 Å². The summed E-state index contributed by atoms with van der Waals surface area (Å²) >= 11 is 0. The van der Waals surface area contributed by atoms with Crippen LogP contribution in [0.3, 0.4) is 0 Å². The Labute approximate surface area is 147 Å². The van der Waals surface area contributed by atoms with Crippen LogP contribution in [0.1, 0.15) is 36.2 Å². The molecule has 0 bridgehead atoms. The van der Waals surface area contributed by atoms with Gasteiger partial charge in [-0.1, -0.05) is 30.3 Å². The van der Waals surface area contributed by atoms with Gasteiger partial charge in [-0.05, 0) is 50.1 Å². The standard InChI is InChI=1S/C20H23NO4/c1-20(2,19(23)24)12-13-21-18(22)16-8-10-17(11-9-16)25-14-15-6-4-3-5-7-15/h3-11H,12-14H2,1-2H3,(H,21,22)(H,23,24). The molecule has 0 unspecified atom stereocenters. The minimum absolute atomic E-state index is 0.226. The number of benzene rings is 2. The molecule has 2 aromatic rings. The molecule has 0 saturated heterocycles. The van der Waals surface area contributed by atoms with Gasteiger partial charge in [0.15, 0.2) is 0 Å². The maximum Gasteiger partial charge on any atom is 0.309 e. The second-order valence-corrected chi connectivity index (χ2v) is 6.49. The van der Waals surface area contributed by atoms with Crippen LogP contribution >= 0.6 is 0 Å². The van der Waals surface area contributed by atoms with Crippen molar-refractivity contribution in [2.45, 2.75) is 26.9 Å². The molecule has 0 radical (unpaired) electrons. The van der Waals surface area contributed by atoms with Crippen LogP contribution in [0.15, 0.2) is 54.6 Å². The van der Waals surface area contributed by atoms with E-state index in [0.717, 1.165) is 5.56 Å². The molecule has 1 amide bonds. The Morgan fingerprint density at radius 1 is 1.04 bits per heavy atom. The maximum absolute atomic E-state index is 12.1. The minimum atomic E-state index is -0.873. The van der Waals surface area contributed by atoms with Crippen molar-refractivity contribution in [3.8, 4) is 5.75 Å². The second-order valence-electron chi connectivity index (χ2n) is 6.49. The molecule has 0 spiro atoms. The van der Waals surface area contributed by atoms with Crippen molar-refractivity contribution in [2.24, 2.45) is 5.41 Å². The molecule has 2 N–H and O–H groups in total. The van der Waals surface area contributed by atoms with Crippen LogP contribution in [0.4, 0.5) is 0 Å². The molecule has 5 heteroatoms. The highest BCUT2D eigenvalue weighted by Gasteiger charge is 2.26. The predicted molar refractivity (Wildman–Crippen MR) is 95.6 cm³/mol. The molecule has 0 aliphatic carbocycles. The van der Waals surface area contributed by atoms with E-state index in [1.54, 1.807) is 38.1 Å². The summed E-state index contributed by atoms with van der Waals surface area (Å²) in [6.45, 7) is 4.06. The number of carboxylic acid groups (broad SMARTS) is 1. The van der Waals surface area contributed by atoms with Crippen molar-refractivity contribution >= 4 is 11.9 Å². The summed E-state index contributed by atoms with van der Waals surface area (Å²) in [5, 5.41) is 11.8. The van der Waals surface area contributed by atoms with Crippen LogP contribution in [0.2, 0.25) is 0 Å². The molecule has 0 aliphatic heterocycles. The number of carbonyl (C=O) groups is 2. The van der Waals surface area contributed by atoms with Gasteiger partial charge in [-0.2, -0.15) is 0 Å². The molecular formula is C20H23NO4. The van der Waals surface area contributed by atoms with Crippen LogP contribution in [0.25, 0.3) is 0 Å². The number of rotatable bonds is 8. The van der Waals surface area contributed by atoms with Crippen molar-refractivity contribution < 1.29 is 19.4 Å². The Morgan fingerprint density at radius 2 is 1.68 bits per heavy atom. The molecule has 0 saturated carbocycles. The fourth-order valence-electron chi connectivity index (χ4n) is 2.14. The lowest BCUT2D eigenvalue weighted by molar-refractivity contribution is -0.147. The van der Waals surface area contributed by atoms with Gasteiger partial charge in [0, 0.05) is 12.1 Å². The topological polar surface area (TPSA) is 75.6 Å². The van der Waals surface area contributed by atoms with Crippen LogP contribution < -0.4 is 10.1 Å². The number of amides is 1. The third kappa shape index (κ3) is 5.64. The van der Waals surface area contributed by atoms with Gasteiger partial charge in [-0.3, -0.25) is 9.59 Å². The molecule has 2 aromatic carbocycles. The fourth-order valence-corrected chi connectivity index (χ4v) is 2.14. The molecule has 0 fully saturated rings. The number of aliphatic carboxylic acids is 1. The molecule has 132 valence electrons. The van der Waals surface area contributed by atoms with E-state index in [1.807, 2.05) is 30.3 Å². The number of hydrogen-bond donors (Lipinski definition) is 2. The van der Waals surface area contributed by atoms with Gasteiger partial charge < -0.3 is 15.2 Å². The summed E-state index contributed by atoms with van der Waals surface area (Å²) in [7, 11) is 0. The smallest absolute Gasteiger partial charge is 0.309 e. The highest BCUT2D eigenvalue weighted by molar-refractivity contribution is 5.94. The van der Waals surface area contributed by atoms with E-state index in [-0.39, 0.29) is 5.91 Å². The van der Waals surface area contributed by atoms with Crippen molar-refractivity contribution in [1.29, 1.82) is 0 Å². The molecule has 0 aromatic heterocycles. The van der Waals surface area contributed by atoms with Gasteiger partial charge >= 0.3 is 5.97 Å². The molecule has 25 heavy (non-hydrogen) atoms. The summed E-state index contributed by atoms with van der Waals surface area (Å²) < 4.78 is 5.68. The first-order valence-electron chi connectivity index (χ1n) is 8.17. The molecule has 5 nitrogen and oxygen atoms in total. The second kappa shape index (κ2) is 8.33.